The topological polar surface area (TPSA) is 96.4 Å². The van der Waals surface area contributed by atoms with Crippen LogP contribution in [-0.2, 0) is 19.1 Å². The third-order valence-electron chi connectivity index (χ3n) is 2.76. The van der Waals surface area contributed by atoms with E-state index in [4.69, 9.17) is 14.6 Å². The molecule has 1 atom stereocenters. The first kappa shape index (κ1) is 19.2. The van der Waals surface area contributed by atoms with Gasteiger partial charge in [-0.25, -0.2) is 4.79 Å². The van der Waals surface area contributed by atoms with E-state index >= 15 is 0 Å². The number of hydrogen-bond donors (Lipinski definition) is 1. The van der Waals surface area contributed by atoms with Crippen LogP contribution in [0.3, 0.4) is 0 Å². The number of urea groups is 1. The van der Waals surface area contributed by atoms with Crippen LogP contribution in [-0.4, -0.2) is 79.9 Å². The number of carboxylic acid groups (broad SMARTS) is 1. The zero-order valence-corrected chi connectivity index (χ0v) is 13.0. The zero-order chi connectivity index (χ0) is 16.4. The van der Waals surface area contributed by atoms with E-state index in [1.165, 1.54) is 30.9 Å². The predicted molar refractivity (Wildman–Crippen MR) is 74.9 cm³/mol. The number of carbonyl (C=O) groups is 3. The van der Waals surface area contributed by atoms with Crippen LogP contribution in [0.2, 0.25) is 0 Å². The third-order valence-corrected chi connectivity index (χ3v) is 2.76. The van der Waals surface area contributed by atoms with E-state index in [0.29, 0.717) is 0 Å². The van der Waals surface area contributed by atoms with Gasteiger partial charge < -0.3 is 24.4 Å². The molecule has 1 N–H and O–H groups in total. The molecule has 0 aliphatic rings. The molecule has 0 spiro atoms. The lowest BCUT2D eigenvalue weighted by Gasteiger charge is -2.28. The lowest BCUT2D eigenvalue weighted by molar-refractivity contribution is -0.144. The van der Waals surface area contributed by atoms with Gasteiger partial charge in [0.15, 0.2) is 0 Å². The molecular formula is C13H24N2O6. The first-order valence-electron chi connectivity index (χ1n) is 6.70. The van der Waals surface area contributed by atoms with Crippen LogP contribution in [0.1, 0.15) is 13.8 Å². The van der Waals surface area contributed by atoms with Crippen LogP contribution in [0.5, 0.6) is 0 Å². The lowest BCUT2D eigenvalue weighted by Crippen LogP contribution is -2.47. The Labute approximate surface area is 124 Å². The van der Waals surface area contributed by atoms with Crippen molar-refractivity contribution in [2.75, 3.05) is 47.0 Å². The number of amides is 2. The van der Waals surface area contributed by atoms with Crippen molar-refractivity contribution in [3.8, 4) is 0 Å². The van der Waals surface area contributed by atoms with Crippen molar-refractivity contribution in [1.82, 2.24) is 9.80 Å². The zero-order valence-electron chi connectivity index (χ0n) is 13.0. The van der Waals surface area contributed by atoms with Gasteiger partial charge in [-0.3, -0.25) is 9.59 Å². The molecular weight excluding hydrogens is 280 g/mol. The second-order valence-electron chi connectivity index (χ2n) is 4.62. The average Bonchev–Trinajstić information content (AvgIpc) is 2.42. The molecule has 0 saturated heterocycles. The van der Waals surface area contributed by atoms with E-state index in [9.17, 15) is 14.4 Å². The molecule has 21 heavy (non-hydrogen) atoms. The number of nitrogens with zero attached hydrogens (tertiary/aromatic N) is 2. The number of carboxylic acids is 1. The Morgan fingerprint density at radius 1 is 1.29 bits per heavy atom. The molecule has 0 aromatic heterocycles. The Bertz CT molecular complexity index is 361. The maximum atomic E-state index is 12.2. The molecule has 0 aliphatic heterocycles. The molecule has 0 radical (unpaired) electrons. The minimum absolute atomic E-state index is 0.0560. The molecule has 0 aromatic carbocycles. The Balaban J connectivity index is 4.68. The minimum Gasteiger partial charge on any atom is -0.481 e. The molecule has 0 rings (SSSR count). The summed E-state index contributed by atoms with van der Waals surface area (Å²) in [5, 5.41) is 8.86. The molecule has 1 unspecified atom stereocenters. The number of carbonyl (C=O) groups excluding carboxylic acids is 2. The molecule has 0 saturated carbocycles. The van der Waals surface area contributed by atoms with Gasteiger partial charge in [-0.15, -0.1) is 0 Å². The normalized spacial score (nSPS) is 11.6. The lowest BCUT2D eigenvalue weighted by atomic mass is 10.2. The summed E-state index contributed by atoms with van der Waals surface area (Å²) in [6.07, 6.45) is 0. The van der Waals surface area contributed by atoms with Gasteiger partial charge in [0.05, 0.1) is 19.1 Å². The highest BCUT2D eigenvalue weighted by molar-refractivity contribution is 5.81. The molecule has 0 bridgehead atoms. The van der Waals surface area contributed by atoms with Crippen molar-refractivity contribution in [3.05, 3.63) is 0 Å². The van der Waals surface area contributed by atoms with Gasteiger partial charge >= 0.3 is 18.0 Å². The van der Waals surface area contributed by atoms with Gasteiger partial charge in [0.1, 0.15) is 6.54 Å². The molecule has 0 heterocycles. The molecule has 0 fully saturated rings. The second-order valence-corrected chi connectivity index (χ2v) is 4.62. The maximum absolute atomic E-state index is 12.2. The number of aliphatic carboxylic acids is 1. The Morgan fingerprint density at radius 3 is 2.38 bits per heavy atom. The SMILES string of the molecule is CCOC(=O)CN(CCOC)C(=O)N(C)CC(C)C(=O)O. The summed E-state index contributed by atoms with van der Waals surface area (Å²) in [5.41, 5.74) is 0. The standard InChI is InChI=1S/C13H24N2O6/c1-5-21-11(16)9-15(6-7-20-4)13(19)14(3)8-10(2)12(17)18/h10H,5-9H2,1-4H3,(H,17,18). The van der Waals surface area contributed by atoms with E-state index in [0.717, 1.165) is 0 Å². The summed E-state index contributed by atoms with van der Waals surface area (Å²) in [4.78, 5) is 37.1. The first-order chi connectivity index (χ1) is 9.83. The second kappa shape index (κ2) is 9.98. The minimum atomic E-state index is -0.983. The molecule has 8 heteroatoms. The summed E-state index contributed by atoms with van der Waals surface area (Å²) < 4.78 is 9.72. The number of hydrogen-bond acceptors (Lipinski definition) is 5. The molecule has 122 valence electrons. The Morgan fingerprint density at radius 2 is 1.90 bits per heavy atom. The van der Waals surface area contributed by atoms with Crippen LogP contribution in [0.15, 0.2) is 0 Å². The van der Waals surface area contributed by atoms with Crippen molar-refractivity contribution in [3.63, 3.8) is 0 Å². The fraction of sp³-hybridized carbons (Fsp3) is 0.769. The van der Waals surface area contributed by atoms with Gasteiger partial charge in [0.25, 0.3) is 0 Å². The highest BCUT2D eigenvalue weighted by Gasteiger charge is 2.23. The molecule has 8 nitrogen and oxygen atoms in total. The van der Waals surface area contributed by atoms with Crippen molar-refractivity contribution in [2.24, 2.45) is 5.92 Å². The highest BCUT2D eigenvalue weighted by Crippen LogP contribution is 2.03. The van der Waals surface area contributed by atoms with Crippen molar-refractivity contribution < 1.29 is 29.0 Å². The summed E-state index contributed by atoms with van der Waals surface area (Å²) >= 11 is 0. The van der Waals surface area contributed by atoms with Gasteiger partial charge in [-0.1, -0.05) is 6.92 Å². The van der Waals surface area contributed by atoms with E-state index in [1.54, 1.807) is 6.92 Å². The fourth-order valence-corrected chi connectivity index (χ4v) is 1.61. The summed E-state index contributed by atoms with van der Waals surface area (Å²) in [6, 6.07) is -0.437. The van der Waals surface area contributed by atoms with E-state index in [1.807, 2.05) is 0 Å². The maximum Gasteiger partial charge on any atom is 0.325 e. The van der Waals surface area contributed by atoms with E-state index in [-0.39, 0.29) is 32.8 Å². The average molecular weight is 304 g/mol. The number of rotatable bonds is 9. The third kappa shape index (κ3) is 7.50. The quantitative estimate of drug-likeness (QED) is 0.614. The molecule has 0 aliphatic carbocycles. The fourth-order valence-electron chi connectivity index (χ4n) is 1.61. The van der Waals surface area contributed by atoms with Gasteiger partial charge in [-0.2, -0.15) is 0 Å². The van der Waals surface area contributed by atoms with Gasteiger partial charge in [0.2, 0.25) is 0 Å². The van der Waals surface area contributed by atoms with E-state index in [2.05, 4.69) is 0 Å². The van der Waals surface area contributed by atoms with Gasteiger partial charge in [0, 0.05) is 27.2 Å². The number of methoxy groups -OCH3 is 1. The summed E-state index contributed by atoms with van der Waals surface area (Å²) in [5.74, 6) is -2.18. The van der Waals surface area contributed by atoms with Crippen LogP contribution in [0.25, 0.3) is 0 Å². The number of ether oxygens (including phenoxy) is 2. The van der Waals surface area contributed by atoms with Crippen molar-refractivity contribution in [2.45, 2.75) is 13.8 Å². The summed E-state index contributed by atoms with van der Waals surface area (Å²) in [7, 11) is 2.98. The first-order valence-corrected chi connectivity index (χ1v) is 6.70. The van der Waals surface area contributed by atoms with Crippen LogP contribution >= 0.6 is 0 Å². The van der Waals surface area contributed by atoms with Crippen molar-refractivity contribution >= 4 is 18.0 Å². The van der Waals surface area contributed by atoms with Gasteiger partial charge in [-0.05, 0) is 6.92 Å². The van der Waals surface area contributed by atoms with E-state index < -0.39 is 23.9 Å². The van der Waals surface area contributed by atoms with Crippen LogP contribution < -0.4 is 0 Å². The van der Waals surface area contributed by atoms with Crippen LogP contribution in [0.4, 0.5) is 4.79 Å². The smallest absolute Gasteiger partial charge is 0.325 e. The number of esters is 1. The van der Waals surface area contributed by atoms with Crippen molar-refractivity contribution in [1.29, 1.82) is 0 Å². The van der Waals surface area contributed by atoms with Crippen LogP contribution in [0, 0.1) is 5.92 Å². The molecule has 2 amide bonds. The largest absolute Gasteiger partial charge is 0.481 e. The Kier molecular flexibility index (Phi) is 9.11. The highest BCUT2D eigenvalue weighted by atomic mass is 16.5. The monoisotopic (exact) mass is 304 g/mol. The Hall–Kier alpha value is -1.83. The predicted octanol–water partition coefficient (Wildman–Crippen LogP) is 0.270. The molecule has 0 aromatic rings. The summed E-state index contributed by atoms with van der Waals surface area (Å²) in [6.45, 7) is 3.78.